The van der Waals surface area contributed by atoms with Gasteiger partial charge < -0.3 is 29.0 Å². The Morgan fingerprint density at radius 2 is 1.94 bits per heavy atom. The number of hydrogen-bond acceptors (Lipinski definition) is 8. The van der Waals surface area contributed by atoms with Gasteiger partial charge in [-0.2, -0.15) is 0 Å². The Hall–Kier alpha value is -4.12. The Morgan fingerprint density at radius 3 is 2.69 bits per heavy atom. The minimum atomic E-state index is -1.58. The molecular weight excluding hydrogens is 454 g/mol. The van der Waals surface area contributed by atoms with E-state index in [1.165, 1.54) is 12.0 Å². The van der Waals surface area contributed by atoms with Crippen molar-refractivity contribution in [3.8, 4) is 5.75 Å². The lowest BCUT2D eigenvalue weighted by Crippen LogP contribution is -2.52. The Morgan fingerprint density at radius 1 is 1.11 bits per heavy atom. The molecule has 3 aromatic rings. The molecule has 0 aliphatic carbocycles. The lowest BCUT2D eigenvalue weighted by Gasteiger charge is -2.28. The Balaban J connectivity index is 1.35. The van der Waals surface area contributed by atoms with Gasteiger partial charge in [-0.15, -0.1) is 0 Å². The summed E-state index contributed by atoms with van der Waals surface area (Å²) in [5.41, 5.74) is 0.769. The zero-order valence-corrected chi connectivity index (χ0v) is 19.0. The number of methoxy groups -OCH3 is 1. The van der Waals surface area contributed by atoms with Gasteiger partial charge in [0.25, 0.3) is 11.8 Å². The number of morpholine rings is 1. The number of amides is 4. The number of furan rings is 1. The van der Waals surface area contributed by atoms with Crippen LogP contribution in [0.15, 0.2) is 40.8 Å². The molecule has 180 valence electrons. The van der Waals surface area contributed by atoms with E-state index < -0.39 is 17.5 Å². The number of imide groups is 1. The van der Waals surface area contributed by atoms with Crippen molar-refractivity contribution in [2.24, 2.45) is 0 Å². The monoisotopic (exact) mass is 477 g/mol. The highest BCUT2D eigenvalue weighted by atomic mass is 16.5. The molecule has 3 aliphatic rings. The summed E-state index contributed by atoms with van der Waals surface area (Å²) in [5.74, 6) is 0.720. The van der Waals surface area contributed by atoms with Crippen molar-refractivity contribution in [3.63, 3.8) is 0 Å². The van der Waals surface area contributed by atoms with E-state index in [1.807, 2.05) is 12.1 Å². The fraction of sp³-hybridized carbons (Fsp3) is 0.333. The number of nitrogens with zero attached hydrogens (tertiary/aromatic N) is 3. The van der Waals surface area contributed by atoms with Gasteiger partial charge in [0.15, 0.2) is 11.1 Å². The third-order valence-corrected chi connectivity index (χ3v) is 6.68. The molecule has 2 N–H and O–H groups in total. The number of nitrogens with one attached hydrogen (secondary N) is 2. The smallest absolute Gasteiger partial charge is 0.322 e. The SMILES string of the molecule is COc1ccc2c(c1)C(=O)N(CC1(c3cc4nc(N5CCOCC5)ccc4o3)NC(=O)NC1=O)C2. The van der Waals surface area contributed by atoms with Gasteiger partial charge in [0.1, 0.15) is 22.8 Å². The second-order valence-corrected chi connectivity index (χ2v) is 8.76. The molecule has 0 spiro atoms. The summed E-state index contributed by atoms with van der Waals surface area (Å²) < 4.78 is 16.7. The molecule has 0 saturated carbocycles. The van der Waals surface area contributed by atoms with Crippen LogP contribution in [0.3, 0.4) is 0 Å². The molecule has 4 amide bonds. The number of carbonyl (C=O) groups excluding carboxylic acids is 3. The van der Waals surface area contributed by atoms with Gasteiger partial charge >= 0.3 is 6.03 Å². The van der Waals surface area contributed by atoms with Crippen LogP contribution in [-0.2, 0) is 21.6 Å². The average Bonchev–Trinajstić information content (AvgIpc) is 3.53. The number of hydrogen-bond donors (Lipinski definition) is 2. The summed E-state index contributed by atoms with van der Waals surface area (Å²) in [4.78, 5) is 46.9. The first-order valence-electron chi connectivity index (χ1n) is 11.3. The molecule has 11 nitrogen and oxygen atoms in total. The number of ether oxygens (including phenoxy) is 2. The number of rotatable bonds is 5. The van der Waals surface area contributed by atoms with Crippen LogP contribution in [0.1, 0.15) is 21.7 Å². The summed E-state index contributed by atoms with van der Waals surface area (Å²) >= 11 is 0. The molecule has 2 fully saturated rings. The molecule has 2 saturated heterocycles. The molecule has 11 heteroatoms. The standard InChI is InChI=1S/C24H23N5O6/c1-33-15-3-2-14-12-29(21(30)16(14)10-15)13-24(22(31)26-23(32)27-24)19-11-17-18(35-19)4-5-20(25-17)28-6-8-34-9-7-28/h2-5,10-11H,6-9,12-13H2,1H3,(H2,26,27,31,32). The van der Waals surface area contributed by atoms with Crippen LogP contribution in [-0.4, -0.2) is 67.7 Å². The van der Waals surface area contributed by atoms with Crippen LogP contribution < -0.4 is 20.3 Å². The van der Waals surface area contributed by atoms with Crippen molar-refractivity contribution in [2.75, 3.05) is 44.9 Å². The van der Waals surface area contributed by atoms with Gasteiger partial charge in [0.2, 0.25) is 0 Å². The average molecular weight is 477 g/mol. The molecule has 5 heterocycles. The van der Waals surface area contributed by atoms with Crippen molar-refractivity contribution in [1.29, 1.82) is 0 Å². The van der Waals surface area contributed by atoms with Crippen molar-refractivity contribution in [3.05, 3.63) is 53.3 Å². The second-order valence-electron chi connectivity index (χ2n) is 8.76. The topological polar surface area (TPSA) is 126 Å². The fourth-order valence-electron chi connectivity index (χ4n) is 4.83. The molecule has 6 rings (SSSR count). The quantitative estimate of drug-likeness (QED) is 0.528. The normalized spacial score (nSPS) is 21.9. The number of benzene rings is 1. The third kappa shape index (κ3) is 3.46. The first-order valence-corrected chi connectivity index (χ1v) is 11.3. The largest absolute Gasteiger partial charge is 0.497 e. The van der Waals surface area contributed by atoms with E-state index in [0.29, 0.717) is 42.2 Å². The molecule has 2 aromatic heterocycles. The molecule has 0 bridgehead atoms. The number of pyridine rings is 1. The van der Waals surface area contributed by atoms with Crippen LogP contribution in [0, 0.1) is 0 Å². The minimum absolute atomic E-state index is 0.101. The van der Waals surface area contributed by atoms with Crippen LogP contribution >= 0.6 is 0 Å². The van der Waals surface area contributed by atoms with Crippen LogP contribution in [0.25, 0.3) is 11.1 Å². The van der Waals surface area contributed by atoms with E-state index in [0.717, 1.165) is 24.5 Å². The first kappa shape index (κ1) is 21.4. The highest BCUT2D eigenvalue weighted by Gasteiger charge is 2.53. The maximum atomic E-state index is 13.2. The zero-order chi connectivity index (χ0) is 24.2. The van der Waals surface area contributed by atoms with E-state index in [4.69, 9.17) is 18.9 Å². The minimum Gasteiger partial charge on any atom is -0.497 e. The van der Waals surface area contributed by atoms with Crippen molar-refractivity contribution in [2.45, 2.75) is 12.1 Å². The van der Waals surface area contributed by atoms with Gasteiger partial charge in [-0.25, -0.2) is 9.78 Å². The summed E-state index contributed by atoms with van der Waals surface area (Å²) in [6.07, 6.45) is 0. The summed E-state index contributed by atoms with van der Waals surface area (Å²) in [5, 5.41) is 4.99. The van der Waals surface area contributed by atoms with Gasteiger partial charge in [-0.1, -0.05) is 6.07 Å². The van der Waals surface area contributed by atoms with E-state index in [2.05, 4.69) is 15.5 Å². The first-order chi connectivity index (χ1) is 17.0. The lowest BCUT2D eigenvalue weighted by atomic mass is 9.95. The van der Waals surface area contributed by atoms with E-state index >= 15 is 0 Å². The Labute approximate surface area is 200 Å². The van der Waals surface area contributed by atoms with Crippen LogP contribution in [0.4, 0.5) is 10.6 Å². The van der Waals surface area contributed by atoms with Gasteiger partial charge in [0.05, 0.1) is 26.9 Å². The maximum Gasteiger partial charge on any atom is 0.322 e. The molecular formula is C24H23N5O6. The van der Waals surface area contributed by atoms with Gasteiger partial charge in [-0.05, 0) is 29.8 Å². The second kappa shape index (κ2) is 7.98. The van der Waals surface area contributed by atoms with E-state index in [9.17, 15) is 14.4 Å². The van der Waals surface area contributed by atoms with Crippen LogP contribution in [0.5, 0.6) is 5.75 Å². The van der Waals surface area contributed by atoms with E-state index in [1.54, 1.807) is 24.3 Å². The molecule has 0 radical (unpaired) electrons. The highest BCUT2D eigenvalue weighted by Crippen LogP contribution is 2.35. The number of urea groups is 1. The van der Waals surface area contributed by atoms with Gasteiger partial charge in [-0.3, -0.25) is 14.9 Å². The van der Waals surface area contributed by atoms with Crippen molar-refractivity contribution < 1.29 is 28.3 Å². The predicted octanol–water partition coefficient (Wildman–Crippen LogP) is 1.36. The summed E-state index contributed by atoms with van der Waals surface area (Å²) in [7, 11) is 1.53. The Kier molecular flexibility index (Phi) is 4.88. The summed E-state index contributed by atoms with van der Waals surface area (Å²) in [6, 6.07) is 9.94. The van der Waals surface area contributed by atoms with E-state index in [-0.39, 0.29) is 18.2 Å². The number of carbonyl (C=O) groups is 3. The summed E-state index contributed by atoms with van der Waals surface area (Å²) in [6.45, 7) is 2.91. The zero-order valence-electron chi connectivity index (χ0n) is 19.0. The molecule has 1 aromatic carbocycles. The third-order valence-electron chi connectivity index (χ3n) is 6.68. The molecule has 3 aliphatic heterocycles. The van der Waals surface area contributed by atoms with Crippen LogP contribution in [0.2, 0.25) is 0 Å². The molecule has 1 atom stereocenters. The maximum absolute atomic E-state index is 13.2. The lowest BCUT2D eigenvalue weighted by molar-refractivity contribution is -0.125. The Bertz CT molecular complexity index is 1360. The highest BCUT2D eigenvalue weighted by molar-refractivity contribution is 6.08. The molecule has 35 heavy (non-hydrogen) atoms. The predicted molar refractivity (Wildman–Crippen MR) is 123 cm³/mol. The number of anilines is 1. The fourth-order valence-corrected chi connectivity index (χ4v) is 4.83. The van der Waals surface area contributed by atoms with Gasteiger partial charge in [0, 0.05) is 31.3 Å². The molecule has 1 unspecified atom stereocenters. The number of fused-ring (bicyclic) bond motifs is 2. The number of aromatic nitrogens is 1. The van der Waals surface area contributed by atoms with Crippen molar-refractivity contribution >= 4 is 34.8 Å². The van der Waals surface area contributed by atoms with Crippen molar-refractivity contribution in [1.82, 2.24) is 20.5 Å².